The van der Waals surface area contributed by atoms with Gasteiger partial charge < -0.3 is 48.5 Å². The highest BCUT2D eigenvalue weighted by atomic mass is 16.7. The van der Waals surface area contributed by atoms with E-state index in [1.807, 2.05) is 67.7 Å². The van der Waals surface area contributed by atoms with E-state index < -0.39 is 84.2 Å². The van der Waals surface area contributed by atoms with E-state index in [-0.39, 0.29) is 24.3 Å². The minimum absolute atomic E-state index is 0.121. The van der Waals surface area contributed by atoms with Crippen LogP contribution in [0, 0.1) is 23.7 Å². The third kappa shape index (κ3) is 9.05. The number of carbonyl (C=O) groups excluding carboxylic acids is 2. The topological polar surface area (TPSA) is 193 Å². The van der Waals surface area contributed by atoms with Crippen LogP contribution >= 0.6 is 0 Å². The van der Waals surface area contributed by atoms with E-state index >= 15 is 0 Å². The van der Waals surface area contributed by atoms with Crippen molar-refractivity contribution in [3.63, 3.8) is 0 Å². The summed E-state index contributed by atoms with van der Waals surface area (Å²) in [6.45, 7) is 14.8. The maximum absolute atomic E-state index is 14.2. The third-order valence-electron chi connectivity index (χ3n) is 13.6. The first-order valence-corrected chi connectivity index (χ1v) is 21.1. The molecule has 1 unspecified atom stereocenters. The van der Waals surface area contributed by atoms with E-state index in [4.69, 9.17) is 23.7 Å². The van der Waals surface area contributed by atoms with Crippen LogP contribution in [0.2, 0.25) is 0 Å². The number of nitrogens with zero attached hydrogens (tertiary/aromatic N) is 6. The fourth-order valence-electron chi connectivity index (χ4n) is 10.2. The zero-order chi connectivity index (χ0) is 43.0. The number of ether oxygens (including phenoxy) is 5. The Bertz CT molecular complexity index is 1720. The molecular formula is C42H67N7O10. The molecular weight excluding hydrogens is 763 g/mol. The highest BCUT2D eigenvalue weighted by molar-refractivity contribution is 5.74. The van der Waals surface area contributed by atoms with Crippen LogP contribution in [0.1, 0.15) is 74.1 Å². The van der Waals surface area contributed by atoms with Gasteiger partial charge in [0.2, 0.25) is 0 Å². The maximum atomic E-state index is 14.2. The molecule has 17 nitrogen and oxygen atoms in total. The second-order valence-corrected chi connectivity index (χ2v) is 17.9. The monoisotopic (exact) mass is 829 g/mol. The molecule has 4 saturated heterocycles. The molecule has 2 aromatic heterocycles. The summed E-state index contributed by atoms with van der Waals surface area (Å²) < 4.78 is 33.5. The number of amides is 1. The number of aliphatic hydroxyl groups is 3. The lowest BCUT2D eigenvalue weighted by Gasteiger charge is -2.48. The van der Waals surface area contributed by atoms with Gasteiger partial charge in [0.1, 0.15) is 12.2 Å². The fourth-order valence-corrected chi connectivity index (χ4v) is 10.2. The van der Waals surface area contributed by atoms with Crippen molar-refractivity contribution in [3.8, 4) is 11.3 Å². The molecule has 0 saturated carbocycles. The highest BCUT2D eigenvalue weighted by Gasteiger charge is 2.62. The molecule has 0 aliphatic carbocycles. The van der Waals surface area contributed by atoms with Gasteiger partial charge in [-0.15, -0.1) is 0 Å². The van der Waals surface area contributed by atoms with Crippen LogP contribution < -0.4 is 5.32 Å². The SMILES string of the molecule is CC[C@@H]1OC(=O)[C@H](C)[C@H](O)[C@H](C)[C@@H](O[C@@H]2O[C@H](O)C[C@@H](N(C)C)[C@@H]2O)[C@@](C)(OC)C[C@@H](C)C2NCN(CCCn3cnc(-c4cccnc4)c3)N3C(=O)O[C@@]1(C)[C@H]3[C@@H]2C. The minimum Gasteiger partial charge on any atom is -0.458 e. The number of likely N-dealkylation sites (N-methyl/N-ethyl adjacent to an activating group) is 1. The molecule has 59 heavy (non-hydrogen) atoms. The Morgan fingerprint density at radius 2 is 1.81 bits per heavy atom. The lowest BCUT2D eigenvalue weighted by atomic mass is 9.71. The molecule has 4 aliphatic rings. The molecule has 4 aliphatic heterocycles. The number of nitrogens with one attached hydrogen (secondary N) is 1. The number of carbonyl (C=O) groups is 2. The number of aliphatic hydroxyl groups excluding tert-OH is 3. The van der Waals surface area contributed by atoms with Crippen molar-refractivity contribution >= 4 is 12.1 Å². The number of esters is 1. The molecule has 0 radical (unpaired) electrons. The zero-order valence-corrected chi connectivity index (χ0v) is 36.3. The Morgan fingerprint density at radius 3 is 2.47 bits per heavy atom. The van der Waals surface area contributed by atoms with Crippen LogP contribution in [-0.2, 0) is 35.0 Å². The van der Waals surface area contributed by atoms with Gasteiger partial charge in [0.25, 0.3) is 0 Å². The predicted molar refractivity (Wildman–Crippen MR) is 216 cm³/mol. The number of hydrogen-bond donors (Lipinski definition) is 4. The highest BCUT2D eigenvalue weighted by Crippen LogP contribution is 2.45. The number of methoxy groups -OCH3 is 1. The molecule has 2 bridgehead atoms. The van der Waals surface area contributed by atoms with Gasteiger partial charge in [-0.25, -0.2) is 19.8 Å². The van der Waals surface area contributed by atoms with Gasteiger partial charge in [-0.2, -0.15) is 0 Å². The number of pyridine rings is 1. The number of cyclic esters (lactones) is 1. The average molecular weight is 830 g/mol. The van der Waals surface area contributed by atoms with Crippen molar-refractivity contribution in [1.82, 2.24) is 34.8 Å². The standard InChI is InChI=1S/C42H67N7O10/c1-11-31-42(7)36-25(3)33(45-23-48(49(36)40(54)59-42)17-13-16-47-21-29(44-22-47)28-14-12-15-43-20-28)24(2)19-41(6,55-10)37(26(4)34(51)27(5)38(53)56-31)58-39-35(52)30(46(8)9)18-32(50)57-39/h12,14-15,20-22,24-27,30-37,39,45,50-52H,11,13,16-19,23H2,1-10H3/t24-,25-,26+,27-,30-,31+,32+,33?,34-,35+,36-,37-,39+,41+,42-/m1/s1. The molecule has 6 heterocycles. The van der Waals surface area contributed by atoms with E-state index in [0.29, 0.717) is 39.0 Å². The average Bonchev–Trinajstić information content (AvgIpc) is 3.75. The Labute approximate surface area is 348 Å². The number of hydrazine groups is 1. The number of rotatable bonds is 10. The van der Waals surface area contributed by atoms with Crippen LogP contribution in [0.15, 0.2) is 37.1 Å². The Hall–Kier alpha value is -3.26. The van der Waals surface area contributed by atoms with Gasteiger partial charge in [-0.05, 0) is 78.1 Å². The first-order chi connectivity index (χ1) is 27.9. The van der Waals surface area contributed by atoms with Gasteiger partial charge in [-0.3, -0.25) is 15.1 Å². The third-order valence-corrected chi connectivity index (χ3v) is 13.6. The van der Waals surface area contributed by atoms with Crippen LogP contribution in [0.4, 0.5) is 4.79 Å². The molecule has 15 atom stereocenters. The lowest BCUT2D eigenvalue weighted by molar-refractivity contribution is -0.332. The quantitative estimate of drug-likeness (QED) is 0.256. The largest absolute Gasteiger partial charge is 0.458 e. The van der Waals surface area contributed by atoms with Gasteiger partial charge in [0.05, 0.1) is 48.5 Å². The van der Waals surface area contributed by atoms with Crippen molar-refractivity contribution in [2.24, 2.45) is 23.7 Å². The predicted octanol–water partition coefficient (Wildman–Crippen LogP) is 2.84. The molecule has 2 aromatic rings. The number of fused-ring (bicyclic) bond motifs is 1. The number of aromatic nitrogens is 3. The molecule has 4 N–H and O–H groups in total. The van der Waals surface area contributed by atoms with E-state index in [0.717, 1.165) is 11.3 Å². The molecule has 4 fully saturated rings. The van der Waals surface area contributed by atoms with Crippen molar-refractivity contribution in [1.29, 1.82) is 0 Å². The first-order valence-electron chi connectivity index (χ1n) is 21.1. The molecule has 17 heteroatoms. The second-order valence-electron chi connectivity index (χ2n) is 17.9. The summed E-state index contributed by atoms with van der Waals surface area (Å²) in [5, 5.41) is 41.6. The van der Waals surface area contributed by atoms with E-state index in [2.05, 4.69) is 29.1 Å². The summed E-state index contributed by atoms with van der Waals surface area (Å²) >= 11 is 0. The lowest BCUT2D eigenvalue weighted by Crippen LogP contribution is -2.61. The zero-order valence-electron chi connectivity index (χ0n) is 36.3. The Morgan fingerprint density at radius 1 is 1.07 bits per heavy atom. The number of hydrogen-bond acceptors (Lipinski definition) is 15. The van der Waals surface area contributed by atoms with Crippen molar-refractivity contribution in [3.05, 3.63) is 37.1 Å². The Balaban J connectivity index is 1.33. The molecule has 0 aromatic carbocycles. The van der Waals surface area contributed by atoms with Gasteiger partial charge >= 0.3 is 12.1 Å². The molecule has 6 rings (SSSR count). The van der Waals surface area contributed by atoms with Crippen LogP contribution in [-0.4, -0.2) is 158 Å². The van der Waals surface area contributed by atoms with E-state index in [9.17, 15) is 24.9 Å². The van der Waals surface area contributed by atoms with Crippen LogP contribution in [0.25, 0.3) is 11.3 Å². The normalized spacial score (nSPS) is 40.0. The summed E-state index contributed by atoms with van der Waals surface area (Å²) in [7, 11) is 5.20. The summed E-state index contributed by atoms with van der Waals surface area (Å²) in [5.74, 6) is -2.77. The fraction of sp³-hybridized carbons (Fsp3) is 0.762. The van der Waals surface area contributed by atoms with Gasteiger partial charge in [-0.1, -0.05) is 27.7 Å². The first kappa shape index (κ1) is 45.3. The van der Waals surface area contributed by atoms with Crippen LogP contribution in [0.5, 0.6) is 0 Å². The Kier molecular flexibility index (Phi) is 14.1. The number of imidazole rings is 1. The summed E-state index contributed by atoms with van der Waals surface area (Å²) in [6.07, 6.45) is 1.78. The van der Waals surface area contributed by atoms with Crippen molar-refractivity contribution < 1.29 is 48.6 Å². The number of aryl methyl sites for hydroxylation is 1. The van der Waals surface area contributed by atoms with Gasteiger partial charge in [0, 0.05) is 68.8 Å². The minimum atomic E-state index is -1.28. The van der Waals surface area contributed by atoms with E-state index in [1.165, 1.54) is 0 Å². The summed E-state index contributed by atoms with van der Waals surface area (Å²) in [4.78, 5) is 38.9. The second kappa shape index (κ2) is 18.4. The molecule has 330 valence electrons. The van der Waals surface area contributed by atoms with Crippen molar-refractivity contribution in [2.75, 3.05) is 34.4 Å². The summed E-state index contributed by atoms with van der Waals surface area (Å²) in [6, 6.07) is 2.63. The van der Waals surface area contributed by atoms with E-state index in [1.54, 1.807) is 44.7 Å². The smallest absolute Gasteiger partial charge is 0.425 e. The van der Waals surface area contributed by atoms with Crippen LogP contribution in [0.3, 0.4) is 0 Å². The summed E-state index contributed by atoms with van der Waals surface area (Å²) in [5.41, 5.74) is -0.594. The van der Waals surface area contributed by atoms with Gasteiger partial charge in [0.15, 0.2) is 18.2 Å². The maximum Gasteiger partial charge on any atom is 0.425 e. The molecule has 1 amide bonds. The molecule has 0 spiro atoms. The van der Waals surface area contributed by atoms with Crippen molar-refractivity contribution in [2.45, 2.75) is 147 Å².